The number of hydrogen-bond acceptors (Lipinski definition) is 5. The Hall–Kier alpha value is -7.89. The van der Waals surface area contributed by atoms with Crippen LogP contribution < -0.4 is 9.64 Å². The van der Waals surface area contributed by atoms with Gasteiger partial charge in [-0.05, 0) is 87.4 Å². The summed E-state index contributed by atoms with van der Waals surface area (Å²) in [7, 11) is 0. The lowest BCUT2D eigenvalue weighted by molar-refractivity contribution is 0.487. The molecule has 0 N–H and O–H groups in total. The van der Waals surface area contributed by atoms with Gasteiger partial charge in [0.1, 0.15) is 11.5 Å². The third-order valence-electron chi connectivity index (χ3n) is 10.9. The van der Waals surface area contributed by atoms with Gasteiger partial charge in [0.25, 0.3) is 0 Å². The van der Waals surface area contributed by atoms with Crippen LogP contribution in [0.4, 0.5) is 17.1 Å². The first-order valence-electron chi connectivity index (χ1n) is 19.4. The van der Waals surface area contributed by atoms with E-state index < -0.39 is 0 Å². The molecule has 0 amide bonds. The Morgan fingerprint density at radius 1 is 0.362 bits per heavy atom. The molecule has 5 heteroatoms. The summed E-state index contributed by atoms with van der Waals surface area (Å²) in [5.41, 5.74) is 10.3. The van der Waals surface area contributed by atoms with Gasteiger partial charge < -0.3 is 9.64 Å². The summed E-state index contributed by atoms with van der Waals surface area (Å²) in [4.78, 5) is 17.7. The minimum Gasteiger partial charge on any atom is -0.456 e. The van der Waals surface area contributed by atoms with Crippen molar-refractivity contribution in [3.05, 3.63) is 206 Å². The molecule has 58 heavy (non-hydrogen) atoms. The van der Waals surface area contributed by atoms with Crippen LogP contribution in [0.25, 0.3) is 78.0 Å². The van der Waals surface area contributed by atoms with E-state index in [9.17, 15) is 0 Å². The molecule has 1 aliphatic rings. The van der Waals surface area contributed by atoms with Gasteiger partial charge in [-0.3, -0.25) is 0 Å². The number of benzene rings is 9. The number of hydrogen-bond donors (Lipinski definition) is 0. The number of nitrogens with zero attached hydrogens (tertiary/aromatic N) is 4. The maximum atomic E-state index is 6.83. The van der Waals surface area contributed by atoms with E-state index in [1.807, 2.05) is 36.4 Å². The van der Waals surface area contributed by atoms with Crippen molar-refractivity contribution in [2.24, 2.45) is 0 Å². The minimum atomic E-state index is 0.601. The average Bonchev–Trinajstić information content (AvgIpc) is 3.30. The van der Waals surface area contributed by atoms with E-state index in [1.165, 1.54) is 16.5 Å². The molecule has 5 nitrogen and oxygen atoms in total. The van der Waals surface area contributed by atoms with Crippen LogP contribution in [0.3, 0.4) is 0 Å². The van der Waals surface area contributed by atoms with Crippen molar-refractivity contribution in [3.8, 4) is 67.9 Å². The normalized spacial score (nSPS) is 11.6. The number of fused-ring (bicyclic) bond motifs is 3. The van der Waals surface area contributed by atoms with Crippen LogP contribution in [0.2, 0.25) is 0 Å². The van der Waals surface area contributed by atoms with Gasteiger partial charge in [0.2, 0.25) is 0 Å². The highest BCUT2D eigenvalue weighted by Crippen LogP contribution is 2.53. The van der Waals surface area contributed by atoms with Gasteiger partial charge in [-0.1, -0.05) is 152 Å². The highest BCUT2D eigenvalue weighted by molar-refractivity contribution is 6.12. The van der Waals surface area contributed by atoms with E-state index >= 15 is 0 Å². The topological polar surface area (TPSA) is 51.1 Å². The highest BCUT2D eigenvalue weighted by Gasteiger charge is 2.28. The van der Waals surface area contributed by atoms with Crippen LogP contribution in [0, 0.1) is 0 Å². The van der Waals surface area contributed by atoms with E-state index in [-0.39, 0.29) is 0 Å². The number of aromatic nitrogens is 3. The Bertz CT molecular complexity index is 3130. The van der Waals surface area contributed by atoms with Crippen LogP contribution in [0.5, 0.6) is 11.5 Å². The van der Waals surface area contributed by atoms with Crippen molar-refractivity contribution in [2.45, 2.75) is 0 Å². The van der Waals surface area contributed by atoms with Crippen molar-refractivity contribution in [3.63, 3.8) is 0 Å². The molecular weight excluding hydrogens is 709 g/mol. The summed E-state index contributed by atoms with van der Waals surface area (Å²) in [6, 6.07) is 71.6. The molecule has 0 aliphatic carbocycles. The van der Waals surface area contributed by atoms with Crippen LogP contribution in [-0.2, 0) is 0 Å². The van der Waals surface area contributed by atoms with E-state index in [4.69, 9.17) is 19.7 Å². The Morgan fingerprint density at radius 3 is 1.74 bits per heavy atom. The number of rotatable bonds is 7. The molecule has 0 spiro atoms. The molecule has 0 saturated carbocycles. The molecular formula is C53H34N4O. The molecule has 272 valence electrons. The Labute approximate surface area is 336 Å². The zero-order valence-electron chi connectivity index (χ0n) is 31.3. The van der Waals surface area contributed by atoms with Crippen molar-refractivity contribution < 1.29 is 4.74 Å². The van der Waals surface area contributed by atoms with Gasteiger partial charge in [-0.2, -0.15) is 0 Å². The average molecular weight is 743 g/mol. The van der Waals surface area contributed by atoms with E-state index in [0.717, 1.165) is 72.5 Å². The Kier molecular flexibility index (Phi) is 8.07. The lowest BCUT2D eigenvalue weighted by atomic mass is 9.90. The maximum absolute atomic E-state index is 6.83. The quantitative estimate of drug-likeness (QED) is 0.163. The molecule has 2 heterocycles. The van der Waals surface area contributed by atoms with Gasteiger partial charge in [0.05, 0.1) is 5.69 Å². The smallest absolute Gasteiger partial charge is 0.164 e. The van der Waals surface area contributed by atoms with Gasteiger partial charge >= 0.3 is 0 Å². The fourth-order valence-electron chi connectivity index (χ4n) is 8.15. The number of para-hydroxylation sites is 1. The molecule has 10 aromatic rings. The lowest BCUT2D eigenvalue weighted by Gasteiger charge is -2.31. The molecule has 0 radical (unpaired) electrons. The predicted octanol–water partition coefficient (Wildman–Crippen LogP) is 14.1. The SMILES string of the molecule is c1ccc(-c2ccc(N(c3ccccc3)c3cccc4c3-c3cccc5c(-c6nc(-c7ccccc7)nc(-c7ccc8ccccc8c7)n6)ccc(c35)O4)cc2)cc1. The molecule has 1 aliphatic heterocycles. The summed E-state index contributed by atoms with van der Waals surface area (Å²) >= 11 is 0. The van der Waals surface area contributed by atoms with E-state index in [1.54, 1.807) is 0 Å². The Balaban J connectivity index is 1.09. The van der Waals surface area contributed by atoms with Crippen LogP contribution >= 0.6 is 0 Å². The third-order valence-corrected chi connectivity index (χ3v) is 10.9. The molecule has 0 saturated heterocycles. The second-order valence-corrected chi connectivity index (χ2v) is 14.4. The molecule has 0 fully saturated rings. The van der Waals surface area contributed by atoms with Gasteiger partial charge in [0.15, 0.2) is 17.5 Å². The number of anilines is 3. The molecule has 0 bridgehead atoms. The molecule has 11 rings (SSSR count). The molecule has 9 aromatic carbocycles. The highest BCUT2D eigenvalue weighted by atomic mass is 16.5. The van der Waals surface area contributed by atoms with Crippen LogP contribution in [0.1, 0.15) is 0 Å². The lowest BCUT2D eigenvalue weighted by Crippen LogP contribution is -2.12. The summed E-state index contributed by atoms with van der Waals surface area (Å²) in [5.74, 6) is 3.44. The largest absolute Gasteiger partial charge is 0.456 e. The van der Waals surface area contributed by atoms with Gasteiger partial charge in [-0.25, -0.2) is 15.0 Å². The first-order chi connectivity index (χ1) is 28.7. The second kappa shape index (κ2) is 14.0. The summed E-state index contributed by atoms with van der Waals surface area (Å²) in [5, 5.41) is 4.32. The van der Waals surface area contributed by atoms with Crippen molar-refractivity contribution >= 4 is 38.6 Å². The van der Waals surface area contributed by atoms with Crippen molar-refractivity contribution in [2.75, 3.05) is 4.90 Å². The molecule has 1 aromatic heterocycles. The zero-order chi connectivity index (χ0) is 38.4. The zero-order valence-corrected chi connectivity index (χ0v) is 31.3. The van der Waals surface area contributed by atoms with Crippen molar-refractivity contribution in [1.82, 2.24) is 15.0 Å². The fourth-order valence-corrected chi connectivity index (χ4v) is 8.15. The monoisotopic (exact) mass is 742 g/mol. The van der Waals surface area contributed by atoms with Crippen LogP contribution in [-0.4, -0.2) is 15.0 Å². The third kappa shape index (κ3) is 5.85. The fraction of sp³-hybridized carbons (Fsp3) is 0. The number of ether oxygens (including phenoxy) is 1. The van der Waals surface area contributed by atoms with Gasteiger partial charge in [-0.15, -0.1) is 0 Å². The molecule has 0 unspecified atom stereocenters. The Morgan fingerprint density at radius 2 is 0.966 bits per heavy atom. The second-order valence-electron chi connectivity index (χ2n) is 14.4. The standard InChI is InChI=1S/C53H34N4O/c1-4-14-35(15-5-1)37-28-30-42(31-29-37)57(41-20-8-3-9-21-41)46-24-13-25-47-50(46)45-23-12-22-43-44(32-33-48(58-47)49(43)45)53-55-51(38-17-6-2-7-18-38)54-52(56-53)40-27-26-36-16-10-11-19-39(36)34-40/h1-34H. The summed E-state index contributed by atoms with van der Waals surface area (Å²) < 4.78 is 6.83. The summed E-state index contributed by atoms with van der Waals surface area (Å²) in [6.45, 7) is 0. The minimum absolute atomic E-state index is 0.601. The summed E-state index contributed by atoms with van der Waals surface area (Å²) in [6.07, 6.45) is 0. The molecule has 0 atom stereocenters. The van der Waals surface area contributed by atoms with Crippen molar-refractivity contribution in [1.29, 1.82) is 0 Å². The predicted molar refractivity (Wildman–Crippen MR) is 237 cm³/mol. The first-order valence-corrected chi connectivity index (χ1v) is 19.4. The van der Waals surface area contributed by atoms with Gasteiger partial charge in [0, 0.05) is 39.0 Å². The van der Waals surface area contributed by atoms with Crippen LogP contribution in [0.15, 0.2) is 206 Å². The van der Waals surface area contributed by atoms with E-state index in [2.05, 4.69) is 175 Å². The maximum Gasteiger partial charge on any atom is 0.164 e. The first kappa shape index (κ1) is 33.4. The van der Waals surface area contributed by atoms with E-state index in [0.29, 0.717) is 17.5 Å².